The molecule has 0 aliphatic rings. The molecule has 0 aliphatic heterocycles. The van der Waals surface area contributed by atoms with Gasteiger partial charge in [0.2, 0.25) is 5.91 Å². The molecule has 0 saturated carbocycles. The van der Waals surface area contributed by atoms with Gasteiger partial charge in [0.15, 0.2) is 5.76 Å². The number of carbonyl (C=O) groups excluding carboxylic acids is 2. The second-order valence-corrected chi connectivity index (χ2v) is 6.01. The van der Waals surface area contributed by atoms with Gasteiger partial charge in [-0.3, -0.25) is 9.59 Å². The maximum Gasteiger partial charge on any atom is 0.255 e. The lowest BCUT2D eigenvalue weighted by molar-refractivity contribution is 0.0998. The van der Waals surface area contributed by atoms with Crippen LogP contribution in [0.5, 0.6) is 0 Å². The molecule has 1 aromatic heterocycles. The molecular weight excluding hydrogens is 342 g/mol. The first-order valence-electron chi connectivity index (χ1n) is 8.28. The molecule has 6 nitrogen and oxygen atoms in total. The predicted molar refractivity (Wildman–Crippen MR) is 102 cm³/mol. The summed E-state index contributed by atoms with van der Waals surface area (Å²) in [5, 5.41) is 7.62. The zero-order valence-corrected chi connectivity index (χ0v) is 14.2. The lowest BCUT2D eigenvalue weighted by Gasteiger charge is -2.06. The fourth-order valence-electron chi connectivity index (χ4n) is 2.80. The summed E-state index contributed by atoms with van der Waals surface area (Å²) in [4.78, 5) is 23.7. The number of nitrogens with one attached hydrogen (secondary N) is 1. The lowest BCUT2D eigenvalue weighted by atomic mass is 10.1. The number of rotatable bonds is 4. The smallest absolute Gasteiger partial charge is 0.255 e. The number of nitrogens with two attached hydrogens (primary N) is 1. The van der Waals surface area contributed by atoms with Gasteiger partial charge in [-0.15, -0.1) is 0 Å². The highest BCUT2D eigenvalue weighted by Gasteiger charge is 2.14. The van der Waals surface area contributed by atoms with E-state index in [4.69, 9.17) is 10.3 Å². The summed E-state index contributed by atoms with van der Waals surface area (Å²) in [5.41, 5.74) is 8.21. The van der Waals surface area contributed by atoms with Crippen LogP contribution < -0.4 is 11.1 Å². The number of nitrogens with zero attached hydrogens (tertiary/aromatic N) is 1. The summed E-state index contributed by atoms with van der Waals surface area (Å²) in [5.74, 6) is -0.172. The van der Waals surface area contributed by atoms with Gasteiger partial charge in [0.25, 0.3) is 5.91 Å². The topological polar surface area (TPSA) is 98.2 Å². The van der Waals surface area contributed by atoms with Crippen LogP contribution in [-0.2, 0) is 0 Å². The quantitative estimate of drug-likeness (QED) is 0.579. The van der Waals surface area contributed by atoms with E-state index in [1.807, 2.05) is 30.3 Å². The van der Waals surface area contributed by atoms with Gasteiger partial charge < -0.3 is 15.6 Å². The molecule has 2 amide bonds. The standard InChI is InChI=1S/C21H15N3O3/c22-20(25)14-6-9-16(10-7-14)23-21(26)15-8-11-18-17(12-15)19(27-24-18)13-4-2-1-3-5-13/h1-12H,(H2,22,25)(H,23,26). The van der Waals surface area contributed by atoms with E-state index in [2.05, 4.69) is 10.5 Å². The van der Waals surface area contributed by atoms with E-state index < -0.39 is 5.91 Å². The first kappa shape index (κ1) is 16.5. The monoisotopic (exact) mass is 357 g/mol. The Kier molecular flexibility index (Phi) is 4.14. The number of hydrogen-bond donors (Lipinski definition) is 2. The number of amides is 2. The van der Waals surface area contributed by atoms with Crippen molar-refractivity contribution < 1.29 is 14.1 Å². The summed E-state index contributed by atoms with van der Waals surface area (Å²) in [6.07, 6.45) is 0. The van der Waals surface area contributed by atoms with Crippen molar-refractivity contribution in [2.24, 2.45) is 5.73 Å². The zero-order valence-electron chi connectivity index (χ0n) is 14.2. The summed E-state index contributed by atoms with van der Waals surface area (Å²) in [7, 11) is 0. The number of aromatic nitrogens is 1. The third-order valence-electron chi connectivity index (χ3n) is 4.20. The fourth-order valence-corrected chi connectivity index (χ4v) is 2.80. The van der Waals surface area contributed by atoms with Gasteiger partial charge in [0.05, 0.1) is 5.39 Å². The molecule has 0 unspecified atom stereocenters. The zero-order chi connectivity index (χ0) is 18.8. The molecule has 0 bridgehead atoms. The first-order chi connectivity index (χ1) is 13.1. The molecule has 3 aromatic carbocycles. The number of carbonyl (C=O) groups is 2. The molecule has 6 heteroatoms. The Hall–Kier alpha value is -3.93. The van der Waals surface area contributed by atoms with Crippen LogP contribution in [0.15, 0.2) is 77.3 Å². The third-order valence-corrected chi connectivity index (χ3v) is 4.20. The average Bonchev–Trinajstić information content (AvgIpc) is 3.12. The van der Waals surface area contributed by atoms with E-state index in [-0.39, 0.29) is 5.91 Å². The fraction of sp³-hybridized carbons (Fsp3) is 0. The highest BCUT2D eigenvalue weighted by Crippen LogP contribution is 2.29. The molecule has 0 fully saturated rings. The summed E-state index contributed by atoms with van der Waals surface area (Å²) >= 11 is 0. The molecule has 4 aromatic rings. The van der Waals surface area contributed by atoms with Gasteiger partial charge in [-0.25, -0.2) is 0 Å². The summed E-state index contributed by atoms with van der Waals surface area (Å²) in [6.45, 7) is 0. The van der Waals surface area contributed by atoms with E-state index in [0.717, 1.165) is 10.9 Å². The molecule has 132 valence electrons. The normalized spacial score (nSPS) is 10.7. The molecule has 0 atom stereocenters. The van der Waals surface area contributed by atoms with Gasteiger partial charge in [-0.05, 0) is 42.5 Å². The molecule has 1 heterocycles. The molecule has 3 N–H and O–H groups in total. The molecular formula is C21H15N3O3. The molecule has 0 spiro atoms. The van der Waals surface area contributed by atoms with E-state index in [9.17, 15) is 9.59 Å². The largest absolute Gasteiger partial charge is 0.366 e. The van der Waals surface area contributed by atoms with Crippen LogP contribution in [0.1, 0.15) is 20.7 Å². The van der Waals surface area contributed by atoms with E-state index in [1.165, 1.54) is 0 Å². The highest BCUT2D eigenvalue weighted by molar-refractivity contribution is 6.07. The lowest BCUT2D eigenvalue weighted by Crippen LogP contribution is -2.13. The van der Waals surface area contributed by atoms with Crippen LogP contribution in [0.25, 0.3) is 22.2 Å². The van der Waals surface area contributed by atoms with E-state index >= 15 is 0 Å². The van der Waals surface area contributed by atoms with E-state index in [0.29, 0.717) is 28.1 Å². The van der Waals surface area contributed by atoms with Crippen molar-refractivity contribution in [2.45, 2.75) is 0 Å². The SMILES string of the molecule is NC(=O)c1ccc(NC(=O)c2ccc3noc(-c4ccccc4)c3c2)cc1. The Labute approximate surface area is 154 Å². The van der Waals surface area contributed by atoms with Crippen molar-refractivity contribution in [3.8, 4) is 11.3 Å². The van der Waals surface area contributed by atoms with Gasteiger partial charge in [0.1, 0.15) is 5.52 Å². The van der Waals surface area contributed by atoms with Gasteiger partial charge >= 0.3 is 0 Å². The minimum atomic E-state index is -0.515. The summed E-state index contributed by atoms with van der Waals surface area (Å²) < 4.78 is 5.46. The number of anilines is 1. The Morgan fingerprint density at radius 1 is 0.889 bits per heavy atom. The Balaban J connectivity index is 1.63. The minimum Gasteiger partial charge on any atom is -0.366 e. The molecule has 27 heavy (non-hydrogen) atoms. The number of benzene rings is 3. The Morgan fingerprint density at radius 2 is 1.59 bits per heavy atom. The van der Waals surface area contributed by atoms with Crippen molar-refractivity contribution in [2.75, 3.05) is 5.32 Å². The molecule has 0 radical (unpaired) electrons. The van der Waals surface area contributed by atoms with Crippen LogP contribution in [-0.4, -0.2) is 17.0 Å². The highest BCUT2D eigenvalue weighted by atomic mass is 16.5. The van der Waals surface area contributed by atoms with E-state index in [1.54, 1.807) is 42.5 Å². The predicted octanol–water partition coefficient (Wildman–Crippen LogP) is 3.85. The van der Waals surface area contributed by atoms with Crippen LogP contribution in [0.3, 0.4) is 0 Å². The van der Waals surface area contributed by atoms with Crippen molar-refractivity contribution in [3.63, 3.8) is 0 Å². The maximum absolute atomic E-state index is 12.6. The van der Waals surface area contributed by atoms with Crippen molar-refractivity contribution in [3.05, 3.63) is 83.9 Å². The Morgan fingerprint density at radius 3 is 2.30 bits per heavy atom. The summed E-state index contributed by atoms with van der Waals surface area (Å²) in [6, 6.07) is 21.2. The minimum absolute atomic E-state index is 0.274. The number of fused-ring (bicyclic) bond motifs is 1. The van der Waals surface area contributed by atoms with Crippen molar-refractivity contribution >= 4 is 28.4 Å². The third kappa shape index (κ3) is 3.28. The van der Waals surface area contributed by atoms with Crippen LogP contribution >= 0.6 is 0 Å². The number of primary amides is 1. The van der Waals surface area contributed by atoms with Crippen molar-refractivity contribution in [1.82, 2.24) is 5.16 Å². The molecule has 0 aliphatic carbocycles. The van der Waals surface area contributed by atoms with Crippen molar-refractivity contribution in [1.29, 1.82) is 0 Å². The maximum atomic E-state index is 12.6. The molecule has 0 saturated heterocycles. The number of hydrogen-bond acceptors (Lipinski definition) is 4. The second kappa shape index (κ2) is 6.76. The average molecular weight is 357 g/mol. The second-order valence-electron chi connectivity index (χ2n) is 6.01. The van der Waals surface area contributed by atoms with Gasteiger partial charge in [-0.2, -0.15) is 0 Å². The van der Waals surface area contributed by atoms with Gasteiger partial charge in [-0.1, -0.05) is 35.5 Å². The van der Waals surface area contributed by atoms with Gasteiger partial charge in [0, 0.05) is 22.4 Å². The Bertz CT molecular complexity index is 1130. The van der Waals surface area contributed by atoms with Crippen LogP contribution in [0.4, 0.5) is 5.69 Å². The van der Waals surface area contributed by atoms with Crippen LogP contribution in [0, 0.1) is 0 Å². The van der Waals surface area contributed by atoms with Crippen LogP contribution in [0.2, 0.25) is 0 Å². The molecule has 4 rings (SSSR count). The first-order valence-corrected chi connectivity index (χ1v) is 8.28.